The maximum absolute atomic E-state index is 12.8. The zero-order valence-corrected chi connectivity index (χ0v) is 19.2. The summed E-state index contributed by atoms with van der Waals surface area (Å²) in [7, 11) is 0. The number of carbonyl (C=O) groups is 2. The lowest BCUT2D eigenvalue weighted by atomic mass is 10.1. The number of carbonyl (C=O) groups excluding carboxylic acids is 2. The van der Waals surface area contributed by atoms with Crippen LogP contribution in [-0.2, 0) is 11.3 Å². The number of hydrogen-bond acceptors (Lipinski definition) is 4. The molecular weight excluding hydrogens is 404 g/mol. The highest BCUT2D eigenvalue weighted by Gasteiger charge is 2.25. The van der Waals surface area contributed by atoms with Crippen molar-refractivity contribution in [2.45, 2.75) is 39.7 Å². The van der Waals surface area contributed by atoms with Crippen LogP contribution < -0.4 is 5.32 Å². The summed E-state index contributed by atoms with van der Waals surface area (Å²) in [5.74, 6) is 0.224. The molecule has 0 spiro atoms. The average Bonchev–Trinajstić information content (AvgIpc) is 3.11. The molecule has 3 heterocycles. The van der Waals surface area contributed by atoms with E-state index in [1.807, 2.05) is 52.6 Å². The van der Waals surface area contributed by atoms with Crippen LogP contribution in [0.4, 0.5) is 10.5 Å². The molecule has 172 valence electrons. The second-order valence-corrected chi connectivity index (χ2v) is 8.92. The van der Waals surface area contributed by atoms with E-state index in [-0.39, 0.29) is 11.9 Å². The lowest BCUT2D eigenvalue weighted by Crippen LogP contribution is -2.52. The van der Waals surface area contributed by atoms with E-state index in [2.05, 4.69) is 21.4 Å². The zero-order valence-electron chi connectivity index (χ0n) is 19.2. The largest absolute Gasteiger partial charge is 0.342 e. The predicted octanol–water partition coefficient (Wildman–Crippen LogP) is 2.71. The van der Waals surface area contributed by atoms with Gasteiger partial charge in [0.2, 0.25) is 5.91 Å². The molecule has 0 radical (unpaired) electrons. The lowest BCUT2D eigenvalue weighted by molar-refractivity contribution is -0.133. The number of hydrogen-bond donors (Lipinski definition) is 1. The smallest absolute Gasteiger partial charge is 0.321 e. The van der Waals surface area contributed by atoms with Crippen LogP contribution in [0.25, 0.3) is 0 Å². The topological polar surface area (TPSA) is 73.7 Å². The number of nitrogens with one attached hydrogen (secondary N) is 1. The first-order valence-electron chi connectivity index (χ1n) is 11.6. The Morgan fingerprint density at radius 1 is 0.938 bits per heavy atom. The fourth-order valence-corrected chi connectivity index (χ4v) is 4.50. The van der Waals surface area contributed by atoms with Crippen molar-refractivity contribution in [3.63, 3.8) is 0 Å². The van der Waals surface area contributed by atoms with Gasteiger partial charge in [0, 0.05) is 50.6 Å². The standard InChI is InChI=1S/C24H34N6O2/c1-19-15-20(2)30(26-19)17-21-7-6-8-22(16-21)25-24(32)29-13-11-27(12-14-29)18-23(31)28-9-4-3-5-10-28/h6-8,15-16H,3-5,9-14,17-18H2,1-2H3,(H,25,32). The van der Waals surface area contributed by atoms with Gasteiger partial charge in [0.1, 0.15) is 0 Å². The van der Waals surface area contributed by atoms with Gasteiger partial charge in [0.05, 0.1) is 18.8 Å². The molecule has 2 aliphatic rings. The maximum Gasteiger partial charge on any atom is 0.321 e. The summed E-state index contributed by atoms with van der Waals surface area (Å²) >= 11 is 0. The highest BCUT2D eigenvalue weighted by Crippen LogP contribution is 2.15. The van der Waals surface area contributed by atoms with Gasteiger partial charge in [-0.1, -0.05) is 12.1 Å². The van der Waals surface area contributed by atoms with Crippen LogP contribution in [0.2, 0.25) is 0 Å². The minimum absolute atomic E-state index is 0.0877. The molecule has 0 unspecified atom stereocenters. The molecule has 1 aromatic carbocycles. The van der Waals surface area contributed by atoms with E-state index in [1.54, 1.807) is 0 Å². The van der Waals surface area contributed by atoms with Gasteiger partial charge < -0.3 is 15.1 Å². The molecule has 0 aliphatic carbocycles. The minimum atomic E-state index is -0.0877. The van der Waals surface area contributed by atoms with E-state index in [4.69, 9.17) is 0 Å². The van der Waals surface area contributed by atoms with Gasteiger partial charge >= 0.3 is 6.03 Å². The number of nitrogens with zero attached hydrogens (tertiary/aromatic N) is 5. The first-order chi connectivity index (χ1) is 15.5. The fourth-order valence-electron chi connectivity index (χ4n) is 4.50. The molecule has 2 aromatic rings. The Labute approximate surface area is 190 Å². The number of piperidine rings is 1. The summed E-state index contributed by atoms with van der Waals surface area (Å²) in [6.45, 7) is 9.66. The van der Waals surface area contributed by atoms with Crippen LogP contribution in [0.15, 0.2) is 30.3 Å². The van der Waals surface area contributed by atoms with E-state index in [0.29, 0.717) is 26.2 Å². The first kappa shape index (κ1) is 22.3. The third-order valence-corrected chi connectivity index (χ3v) is 6.34. The lowest BCUT2D eigenvalue weighted by Gasteiger charge is -2.36. The van der Waals surface area contributed by atoms with Crippen LogP contribution >= 0.6 is 0 Å². The van der Waals surface area contributed by atoms with Gasteiger partial charge in [-0.2, -0.15) is 5.10 Å². The number of piperazine rings is 1. The monoisotopic (exact) mass is 438 g/mol. The molecule has 1 N–H and O–H groups in total. The van der Waals surface area contributed by atoms with Gasteiger partial charge in [-0.05, 0) is 56.9 Å². The summed E-state index contributed by atoms with van der Waals surface area (Å²) in [6, 6.07) is 9.89. The molecule has 0 atom stereocenters. The summed E-state index contributed by atoms with van der Waals surface area (Å²) in [6.07, 6.45) is 3.45. The number of amides is 3. The second-order valence-electron chi connectivity index (χ2n) is 8.92. The van der Waals surface area contributed by atoms with E-state index >= 15 is 0 Å². The SMILES string of the molecule is Cc1cc(C)n(Cc2cccc(NC(=O)N3CCN(CC(=O)N4CCCCC4)CC3)c2)n1. The maximum atomic E-state index is 12.8. The van der Waals surface area contributed by atoms with Crippen molar-refractivity contribution in [1.29, 1.82) is 0 Å². The van der Waals surface area contributed by atoms with Crippen LogP contribution in [0.5, 0.6) is 0 Å². The molecule has 2 aliphatic heterocycles. The van der Waals surface area contributed by atoms with E-state index in [1.165, 1.54) is 6.42 Å². The number of urea groups is 1. The molecule has 8 nitrogen and oxygen atoms in total. The second kappa shape index (κ2) is 10.2. The molecule has 2 fully saturated rings. The number of anilines is 1. The molecule has 32 heavy (non-hydrogen) atoms. The molecule has 2 saturated heterocycles. The quantitative estimate of drug-likeness (QED) is 0.779. The van der Waals surface area contributed by atoms with Crippen molar-refractivity contribution < 1.29 is 9.59 Å². The third-order valence-electron chi connectivity index (χ3n) is 6.34. The van der Waals surface area contributed by atoms with Crippen molar-refractivity contribution >= 4 is 17.6 Å². The van der Waals surface area contributed by atoms with Crippen LogP contribution in [0.1, 0.15) is 36.2 Å². The van der Waals surface area contributed by atoms with Crippen molar-refractivity contribution in [3.8, 4) is 0 Å². The number of aryl methyl sites for hydroxylation is 2. The Kier molecular flexibility index (Phi) is 7.09. The predicted molar refractivity (Wildman–Crippen MR) is 125 cm³/mol. The Hall–Kier alpha value is -2.87. The Morgan fingerprint density at radius 3 is 2.38 bits per heavy atom. The average molecular weight is 439 g/mol. The number of benzene rings is 1. The summed E-state index contributed by atoms with van der Waals surface area (Å²) in [5.41, 5.74) is 4.00. The fraction of sp³-hybridized carbons (Fsp3) is 0.542. The Bertz CT molecular complexity index is 942. The van der Waals surface area contributed by atoms with Gasteiger partial charge in [-0.25, -0.2) is 4.79 Å². The van der Waals surface area contributed by atoms with Crippen LogP contribution in [0.3, 0.4) is 0 Å². The van der Waals surface area contributed by atoms with Crippen LogP contribution in [-0.4, -0.2) is 82.2 Å². The highest BCUT2D eigenvalue weighted by atomic mass is 16.2. The van der Waals surface area contributed by atoms with E-state index in [9.17, 15) is 9.59 Å². The summed E-state index contributed by atoms with van der Waals surface area (Å²) in [5, 5.41) is 7.54. The molecule has 1 aromatic heterocycles. The molecule has 8 heteroatoms. The number of aromatic nitrogens is 2. The van der Waals surface area contributed by atoms with Crippen molar-refractivity contribution in [3.05, 3.63) is 47.3 Å². The van der Waals surface area contributed by atoms with Crippen molar-refractivity contribution in [2.75, 3.05) is 51.1 Å². The van der Waals surface area contributed by atoms with Crippen LogP contribution in [0, 0.1) is 13.8 Å². The van der Waals surface area contributed by atoms with Gasteiger partial charge in [-0.15, -0.1) is 0 Å². The third kappa shape index (κ3) is 5.68. The Balaban J connectivity index is 1.26. The molecule has 3 amide bonds. The number of likely N-dealkylation sites (tertiary alicyclic amines) is 1. The van der Waals surface area contributed by atoms with E-state index < -0.39 is 0 Å². The molecular formula is C24H34N6O2. The van der Waals surface area contributed by atoms with E-state index in [0.717, 1.165) is 61.7 Å². The van der Waals surface area contributed by atoms with Crippen molar-refractivity contribution in [2.24, 2.45) is 0 Å². The molecule has 0 saturated carbocycles. The first-order valence-corrected chi connectivity index (χ1v) is 11.6. The van der Waals surface area contributed by atoms with Gasteiger partial charge in [0.15, 0.2) is 0 Å². The summed E-state index contributed by atoms with van der Waals surface area (Å²) < 4.78 is 1.97. The van der Waals surface area contributed by atoms with Gasteiger partial charge in [0.25, 0.3) is 0 Å². The summed E-state index contributed by atoms with van der Waals surface area (Å²) in [4.78, 5) is 31.2. The number of rotatable bonds is 5. The molecule has 4 rings (SSSR count). The normalized spacial score (nSPS) is 17.4. The zero-order chi connectivity index (χ0) is 22.5. The van der Waals surface area contributed by atoms with Gasteiger partial charge in [-0.3, -0.25) is 14.4 Å². The van der Waals surface area contributed by atoms with Crippen molar-refractivity contribution in [1.82, 2.24) is 24.5 Å². The highest BCUT2D eigenvalue weighted by molar-refractivity contribution is 5.89. The minimum Gasteiger partial charge on any atom is -0.342 e. The Morgan fingerprint density at radius 2 is 1.69 bits per heavy atom. The molecule has 0 bridgehead atoms.